The first kappa shape index (κ1) is 53.6. The van der Waals surface area contributed by atoms with Crippen LogP contribution in [0.25, 0.3) is 0 Å². The Morgan fingerprint density at radius 2 is 1.21 bits per heavy atom. The fraction of sp³-hybridized carbons (Fsp3) is 0.727. The standard InChI is InChI=1S/C44H77O11P/c1-4-5-31-40(46)32-27-23-19-15-11-7-9-13-17-21-25-29-34-44(49)55-42(38-54-56(50,51)53-36-41(47)35-45)37-52-43(48)33-28-24-20-16-12-8-6-10-14-18-22-26-30-39(2)3/h5,7,9,15,17,19,21,23,27,31,39-42,45-47H,4,6,8,10-14,16,18,20,22,24-26,28-30,32-38H2,1-3H3,(H,50,51)/b9-7-,19-15-,21-17-,27-23+,31-5-/t40?,41-,42+/m0/s1. The predicted molar refractivity (Wildman–Crippen MR) is 225 cm³/mol. The van der Waals surface area contributed by atoms with E-state index in [0.29, 0.717) is 25.7 Å². The smallest absolute Gasteiger partial charge is 0.462 e. The van der Waals surface area contributed by atoms with Crippen LogP contribution >= 0.6 is 7.82 Å². The Hall–Kier alpha value is -2.37. The van der Waals surface area contributed by atoms with E-state index in [1.165, 1.54) is 57.8 Å². The Morgan fingerprint density at radius 1 is 0.661 bits per heavy atom. The van der Waals surface area contributed by atoms with Crippen molar-refractivity contribution in [3.05, 3.63) is 60.8 Å². The molecular weight excluding hydrogens is 735 g/mol. The molecule has 0 saturated heterocycles. The number of hydrogen-bond acceptors (Lipinski definition) is 10. The maximum Gasteiger partial charge on any atom is 0.472 e. The van der Waals surface area contributed by atoms with Gasteiger partial charge in [0.25, 0.3) is 0 Å². The van der Waals surface area contributed by atoms with Gasteiger partial charge in [-0.25, -0.2) is 4.57 Å². The zero-order valence-corrected chi connectivity index (χ0v) is 35.7. The van der Waals surface area contributed by atoms with Gasteiger partial charge in [-0.05, 0) is 50.9 Å². The van der Waals surface area contributed by atoms with E-state index in [0.717, 1.165) is 44.4 Å². The molecule has 0 radical (unpaired) electrons. The van der Waals surface area contributed by atoms with Crippen LogP contribution in [0.4, 0.5) is 0 Å². The van der Waals surface area contributed by atoms with Gasteiger partial charge in [0, 0.05) is 12.8 Å². The van der Waals surface area contributed by atoms with Crippen LogP contribution in [0, 0.1) is 5.92 Å². The van der Waals surface area contributed by atoms with E-state index in [1.807, 2.05) is 49.5 Å². The summed E-state index contributed by atoms with van der Waals surface area (Å²) in [6.07, 6.45) is 36.8. The molecule has 2 unspecified atom stereocenters. The lowest BCUT2D eigenvalue weighted by Gasteiger charge is -2.20. The SMILES string of the molecule is CC/C=C\C(O)C/C=C/C=C\C/C=C\C/C=C\CCCC(=O)O[C@H](COC(=O)CCCCCCCCCCCCCCC(C)C)COP(=O)(O)OC[C@@H](O)CO. The van der Waals surface area contributed by atoms with Gasteiger partial charge in [0.1, 0.15) is 12.7 Å². The largest absolute Gasteiger partial charge is 0.472 e. The third kappa shape index (κ3) is 38.5. The zero-order chi connectivity index (χ0) is 41.5. The number of ether oxygens (including phenoxy) is 2. The molecule has 0 spiro atoms. The van der Waals surface area contributed by atoms with Gasteiger partial charge in [-0.15, -0.1) is 0 Å². The summed E-state index contributed by atoms with van der Waals surface area (Å²) in [6, 6.07) is 0. The molecule has 0 amide bonds. The number of phosphoric ester groups is 1. The van der Waals surface area contributed by atoms with Crippen LogP contribution in [-0.4, -0.2) is 76.9 Å². The van der Waals surface area contributed by atoms with Crippen molar-refractivity contribution in [2.24, 2.45) is 5.92 Å². The van der Waals surface area contributed by atoms with Crippen molar-refractivity contribution in [2.75, 3.05) is 26.4 Å². The van der Waals surface area contributed by atoms with E-state index in [9.17, 15) is 29.3 Å². The molecule has 0 saturated carbocycles. The average molecular weight is 813 g/mol. The highest BCUT2D eigenvalue weighted by molar-refractivity contribution is 7.47. The van der Waals surface area contributed by atoms with Crippen molar-refractivity contribution in [3.8, 4) is 0 Å². The minimum absolute atomic E-state index is 0.0866. The van der Waals surface area contributed by atoms with Crippen LogP contribution in [0.1, 0.15) is 156 Å². The first-order chi connectivity index (χ1) is 27.0. The Kier molecular flexibility index (Phi) is 36.5. The molecule has 324 valence electrons. The van der Waals surface area contributed by atoms with Gasteiger partial charge in [-0.2, -0.15) is 0 Å². The number of carbonyl (C=O) groups is 2. The van der Waals surface area contributed by atoms with Gasteiger partial charge < -0.3 is 29.7 Å². The summed E-state index contributed by atoms with van der Waals surface area (Å²) in [5, 5.41) is 28.1. The van der Waals surface area contributed by atoms with E-state index in [-0.39, 0.29) is 19.4 Å². The van der Waals surface area contributed by atoms with Crippen molar-refractivity contribution in [1.29, 1.82) is 0 Å². The summed E-state index contributed by atoms with van der Waals surface area (Å²) < 4.78 is 32.6. The Labute approximate surface area is 338 Å². The summed E-state index contributed by atoms with van der Waals surface area (Å²) in [7, 11) is -4.64. The van der Waals surface area contributed by atoms with Crippen molar-refractivity contribution < 1.29 is 52.9 Å². The molecule has 0 aromatic carbocycles. The zero-order valence-electron chi connectivity index (χ0n) is 34.9. The maximum atomic E-state index is 12.6. The summed E-state index contributed by atoms with van der Waals surface area (Å²) >= 11 is 0. The van der Waals surface area contributed by atoms with Gasteiger partial charge in [-0.3, -0.25) is 18.6 Å². The van der Waals surface area contributed by atoms with Gasteiger partial charge in [0.15, 0.2) is 6.10 Å². The van der Waals surface area contributed by atoms with Crippen molar-refractivity contribution in [3.63, 3.8) is 0 Å². The van der Waals surface area contributed by atoms with Crippen molar-refractivity contribution in [2.45, 2.75) is 174 Å². The number of allylic oxidation sites excluding steroid dienone is 8. The third-order valence-corrected chi connectivity index (χ3v) is 9.64. The minimum Gasteiger partial charge on any atom is -0.462 e. The third-order valence-electron chi connectivity index (χ3n) is 8.69. The predicted octanol–water partition coefficient (Wildman–Crippen LogP) is 9.94. The molecule has 0 heterocycles. The van der Waals surface area contributed by atoms with Crippen LogP contribution in [0.5, 0.6) is 0 Å². The fourth-order valence-corrected chi connectivity index (χ4v) is 6.20. The van der Waals surface area contributed by atoms with Gasteiger partial charge >= 0.3 is 19.8 Å². The minimum atomic E-state index is -4.64. The summed E-state index contributed by atoms with van der Waals surface area (Å²) in [5.74, 6) is -0.217. The van der Waals surface area contributed by atoms with Crippen LogP contribution in [-0.2, 0) is 32.7 Å². The lowest BCUT2D eigenvalue weighted by atomic mass is 10.0. The summed E-state index contributed by atoms with van der Waals surface area (Å²) in [6.45, 7) is 4.37. The number of unbranched alkanes of at least 4 members (excludes halogenated alkanes) is 12. The van der Waals surface area contributed by atoms with Crippen LogP contribution in [0.15, 0.2) is 60.8 Å². The monoisotopic (exact) mass is 813 g/mol. The van der Waals surface area contributed by atoms with Crippen LogP contribution in [0.3, 0.4) is 0 Å². The number of hydrogen-bond donors (Lipinski definition) is 4. The number of phosphoric acid groups is 1. The molecular formula is C44H77O11P. The Balaban J connectivity index is 4.45. The molecule has 56 heavy (non-hydrogen) atoms. The second kappa shape index (κ2) is 38.2. The molecule has 0 aromatic heterocycles. The van der Waals surface area contributed by atoms with Gasteiger partial charge in [-0.1, -0.05) is 159 Å². The molecule has 0 fully saturated rings. The highest BCUT2D eigenvalue weighted by atomic mass is 31.2. The molecule has 11 nitrogen and oxygen atoms in total. The van der Waals surface area contributed by atoms with E-state index in [1.54, 1.807) is 6.08 Å². The quantitative estimate of drug-likeness (QED) is 0.0154. The Morgan fingerprint density at radius 3 is 1.84 bits per heavy atom. The van der Waals surface area contributed by atoms with E-state index in [2.05, 4.69) is 30.5 Å². The second-order valence-electron chi connectivity index (χ2n) is 14.7. The number of carbonyl (C=O) groups excluding carboxylic acids is 2. The number of aliphatic hydroxyl groups excluding tert-OH is 3. The molecule has 0 aliphatic heterocycles. The average Bonchev–Trinajstić information content (AvgIpc) is 3.17. The van der Waals surface area contributed by atoms with E-state index >= 15 is 0 Å². The Bertz CT molecular complexity index is 1150. The molecule has 0 bridgehead atoms. The topological polar surface area (TPSA) is 169 Å². The normalized spacial score (nSPS) is 15.1. The number of rotatable bonds is 38. The highest BCUT2D eigenvalue weighted by Gasteiger charge is 2.27. The lowest BCUT2D eigenvalue weighted by Crippen LogP contribution is -2.29. The molecule has 0 aromatic rings. The molecule has 0 aliphatic rings. The molecule has 0 rings (SSSR count). The summed E-state index contributed by atoms with van der Waals surface area (Å²) in [4.78, 5) is 34.9. The second-order valence-corrected chi connectivity index (χ2v) is 16.1. The van der Waals surface area contributed by atoms with Gasteiger partial charge in [0.05, 0.1) is 25.9 Å². The summed E-state index contributed by atoms with van der Waals surface area (Å²) in [5.41, 5.74) is 0. The maximum absolute atomic E-state index is 12.6. The fourth-order valence-electron chi connectivity index (χ4n) is 5.41. The van der Waals surface area contributed by atoms with Crippen LogP contribution in [0.2, 0.25) is 0 Å². The van der Waals surface area contributed by atoms with E-state index in [4.69, 9.17) is 19.1 Å². The van der Waals surface area contributed by atoms with Gasteiger partial charge in [0.2, 0.25) is 0 Å². The number of esters is 2. The molecule has 4 atom stereocenters. The van der Waals surface area contributed by atoms with Crippen molar-refractivity contribution in [1.82, 2.24) is 0 Å². The molecule has 0 aliphatic carbocycles. The molecule has 4 N–H and O–H groups in total. The lowest BCUT2D eigenvalue weighted by molar-refractivity contribution is -0.161. The first-order valence-electron chi connectivity index (χ1n) is 21.2. The first-order valence-corrected chi connectivity index (χ1v) is 22.7. The van der Waals surface area contributed by atoms with Crippen LogP contribution < -0.4 is 0 Å². The molecule has 12 heteroatoms. The number of aliphatic hydroxyl groups is 3. The highest BCUT2D eigenvalue weighted by Crippen LogP contribution is 2.43. The van der Waals surface area contributed by atoms with E-state index < -0.39 is 57.9 Å². The van der Waals surface area contributed by atoms with Crippen molar-refractivity contribution >= 4 is 19.8 Å².